The second kappa shape index (κ2) is 7.90. The summed E-state index contributed by atoms with van der Waals surface area (Å²) in [7, 11) is 0. The first-order valence-electron chi connectivity index (χ1n) is 4.64. The van der Waals surface area contributed by atoms with E-state index in [4.69, 9.17) is 5.11 Å². The number of hydrogen-bond acceptors (Lipinski definition) is 3. The Hall–Kier alpha value is 0.270. The number of aliphatic hydroxyl groups excluding tert-OH is 1. The van der Waals surface area contributed by atoms with E-state index in [-0.39, 0.29) is 6.61 Å². The largest absolute Gasteiger partial charge is 0.396 e. The first-order chi connectivity index (χ1) is 5.72. The molecule has 2 unspecified atom stereocenters. The van der Waals surface area contributed by atoms with Crippen LogP contribution in [0.1, 0.15) is 20.8 Å². The zero-order chi connectivity index (χ0) is 9.40. The van der Waals surface area contributed by atoms with E-state index in [2.05, 4.69) is 26.1 Å². The van der Waals surface area contributed by atoms with Gasteiger partial charge in [0.1, 0.15) is 0 Å². The van der Waals surface area contributed by atoms with Gasteiger partial charge < -0.3 is 10.4 Å². The van der Waals surface area contributed by atoms with Gasteiger partial charge >= 0.3 is 0 Å². The topological polar surface area (TPSA) is 32.3 Å². The summed E-state index contributed by atoms with van der Waals surface area (Å²) in [6, 6.07) is 0.424. The Labute approximate surface area is 80.1 Å². The third kappa shape index (κ3) is 5.86. The Morgan fingerprint density at radius 1 is 1.42 bits per heavy atom. The molecule has 0 rings (SSSR count). The molecule has 0 fully saturated rings. The van der Waals surface area contributed by atoms with Crippen molar-refractivity contribution in [1.29, 1.82) is 0 Å². The summed E-state index contributed by atoms with van der Waals surface area (Å²) in [5.74, 6) is 2.71. The average molecular weight is 191 g/mol. The number of nitrogens with one attached hydrogen (secondary N) is 1. The van der Waals surface area contributed by atoms with Crippen LogP contribution >= 0.6 is 11.8 Å². The van der Waals surface area contributed by atoms with E-state index in [9.17, 15) is 0 Å². The molecule has 0 radical (unpaired) electrons. The Morgan fingerprint density at radius 3 is 2.58 bits per heavy atom. The van der Waals surface area contributed by atoms with Crippen molar-refractivity contribution in [2.24, 2.45) is 5.92 Å². The smallest absolute Gasteiger partial charge is 0.0471 e. The summed E-state index contributed by atoms with van der Waals surface area (Å²) in [6.07, 6.45) is 0. The molecule has 0 saturated carbocycles. The highest BCUT2D eigenvalue weighted by atomic mass is 32.2. The fraction of sp³-hybridized carbons (Fsp3) is 1.00. The van der Waals surface area contributed by atoms with E-state index < -0.39 is 0 Å². The molecule has 2 nitrogen and oxygen atoms in total. The molecular weight excluding hydrogens is 170 g/mol. The summed E-state index contributed by atoms with van der Waals surface area (Å²) >= 11 is 1.94. The molecule has 0 aliphatic rings. The average Bonchev–Trinajstić information content (AvgIpc) is 2.10. The van der Waals surface area contributed by atoms with Gasteiger partial charge in [0.05, 0.1) is 0 Å². The molecule has 0 amide bonds. The quantitative estimate of drug-likeness (QED) is 0.596. The Morgan fingerprint density at radius 2 is 2.08 bits per heavy atom. The summed E-state index contributed by atoms with van der Waals surface area (Å²) in [4.78, 5) is 0. The zero-order valence-electron chi connectivity index (χ0n) is 8.34. The van der Waals surface area contributed by atoms with Crippen molar-refractivity contribution >= 4 is 11.8 Å². The number of thioether (sulfide) groups is 1. The van der Waals surface area contributed by atoms with Crippen molar-refractivity contribution in [3.8, 4) is 0 Å². The molecule has 0 aromatic carbocycles. The van der Waals surface area contributed by atoms with Crippen LogP contribution in [0.4, 0.5) is 0 Å². The standard InChI is InChI=1S/C9H21NOS/c1-4-12-6-5-10-9(3)8(2)7-11/h8-11H,4-7H2,1-3H3. The van der Waals surface area contributed by atoms with Crippen LogP contribution in [0.2, 0.25) is 0 Å². The summed E-state index contributed by atoms with van der Waals surface area (Å²) in [5, 5.41) is 12.2. The third-order valence-electron chi connectivity index (χ3n) is 2.06. The SMILES string of the molecule is CCSCCNC(C)C(C)CO. The third-order valence-corrected chi connectivity index (χ3v) is 2.96. The zero-order valence-corrected chi connectivity index (χ0v) is 9.16. The maximum absolute atomic E-state index is 8.86. The summed E-state index contributed by atoms with van der Waals surface area (Å²) in [5.41, 5.74) is 0. The van der Waals surface area contributed by atoms with E-state index in [1.54, 1.807) is 0 Å². The van der Waals surface area contributed by atoms with Gasteiger partial charge in [0.25, 0.3) is 0 Å². The first kappa shape index (κ1) is 12.3. The van der Waals surface area contributed by atoms with E-state index in [1.165, 1.54) is 11.5 Å². The van der Waals surface area contributed by atoms with Crippen LogP contribution in [0.25, 0.3) is 0 Å². The minimum Gasteiger partial charge on any atom is -0.396 e. The van der Waals surface area contributed by atoms with Crippen LogP contribution in [0.5, 0.6) is 0 Å². The number of hydrogen-bond donors (Lipinski definition) is 2. The van der Waals surface area contributed by atoms with Crippen LogP contribution in [-0.2, 0) is 0 Å². The van der Waals surface area contributed by atoms with E-state index in [1.807, 2.05) is 11.8 Å². The van der Waals surface area contributed by atoms with Crippen LogP contribution in [0, 0.1) is 5.92 Å². The van der Waals surface area contributed by atoms with Crippen molar-refractivity contribution in [3.05, 3.63) is 0 Å². The Kier molecular flexibility index (Phi) is 8.07. The van der Waals surface area contributed by atoms with Gasteiger partial charge in [-0.3, -0.25) is 0 Å². The molecule has 0 spiro atoms. The lowest BCUT2D eigenvalue weighted by Gasteiger charge is -2.18. The first-order valence-corrected chi connectivity index (χ1v) is 5.79. The summed E-state index contributed by atoms with van der Waals surface area (Å²) < 4.78 is 0. The lowest BCUT2D eigenvalue weighted by molar-refractivity contribution is 0.209. The minimum atomic E-state index is 0.273. The molecular formula is C9H21NOS. The van der Waals surface area contributed by atoms with Gasteiger partial charge in [-0.1, -0.05) is 13.8 Å². The predicted octanol–water partition coefficient (Wildman–Crippen LogP) is 1.35. The van der Waals surface area contributed by atoms with Crippen LogP contribution in [0.15, 0.2) is 0 Å². The lowest BCUT2D eigenvalue weighted by atomic mass is 10.1. The molecule has 74 valence electrons. The Balaban J connectivity index is 3.24. The van der Waals surface area contributed by atoms with Crippen molar-refractivity contribution in [2.75, 3.05) is 24.7 Å². The van der Waals surface area contributed by atoms with Gasteiger partial charge in [-0.25, -0.2) is 0 Å². The van der Waals surface area contributed by atoms with Gasteiger partial charge in [-0.05, 0) is 18.6 Å². The predicted molar refractivity (Wildman–Crippen MR) is 56.7 cm³/mol. The van der Waals surface area contributed by atoms with Crippen LogP contribution in [0.3, 0.4) is 0 Å². The Bertz CT molecular complexity index is 101. The number of aliphatic hydroxyl groups is 1. The van der Waals surface area contributed by atoms with Crippen LogP contribution in [-0.4, -0.2) is 35.8 Å². The molecule has 0 bridgehead atoms. The molecule has 0 aromatic rings. The molecule has 0 saturated heterocycles. The van der Waals surface area contributed by atoms with Crippen molar-refractivity contribution < 1.29 is 5.11 Å². The van der Waals surface area contributed by atoms with Gasteiger partial charge in [0.2, 0.25) is 0 Å². The molecule has 2 N–H and O–H groups in total. The fourth-order valence-corrected chi connectivity index (χ4v) is 1.41. The maximum Gasteiger partial charge on any atom is 0.0471 e. The van der Waals surface area contributed by atoms with E-state index >= 15 is 0 Å². The van der Waals surface area contributed by atoms with Gasteiger partial charge in [-0.2, -0.15) is 11.8 Å². The molecule has 0 aliphatic carbocycles. The highest BCUT2D eigenvalue weighted by molar-refractivity contribution is 7.99. The maximum atomic E-state index is 8.86. The monoisotopic (exact) mass is 191 g/mol. The van der Waals surface area contributed by atoms with Crippen molar-refractivity contribution in [3.63, 3.8) is 0 Å². The molecule has 0 aromatic heterocycles. The molecule has 0 aliphatic heterocycles. The van der Waals surface area contributed by atoms with E-state index in [0.717, 1.165) is 6.54 Å². The number of rotatable bonds is 7. The fourth-order valence-electron chi connectivity index (χ4n) is 0.862. The second-order valence-corrected chi connectivity index (χ2v) is 4.49. The highest BCUT2D eigenvalue weighted by Crippen LogP contribution is 2.01. The van der Waals surface area contributed by atoms with Crippen LogP contribution < -0.4 is 5.32 Å². The van der Waals surface area contributed by atoms with E-state index in [0.29, 0.717) is 12.0 Å². The molecule has 2 atom stereocenters. The second-order valence-electron chi connectivity index (χ2n) is 3.10. The highest BCUT2D eigenvalue weighted by Gasteiger charge is 2.08. The molecule has 3 heteroatoms. The van der Waals surface area contributed by atoms with Gasteiger partial charge in [-0.15, -0.1) is 0 Å². The molecule has 12 heavy (non-hydrogen) atoms. The van der Waals surface area contributed by atoms with Crippen molar-refractivity contribution in [1.82, 2.24) is 5.32 Å². The minimum absolute atomic E-state index is 0.273. The van der Waals surface area contributed by atoms with Crippen molar-refractivity contribution in [2.45, 2.75) is 26.8 Å². The normalized spacial score (nSPS) is 16.0. The summed E-state index contributed by atoms with van der Waals surface area (Å²) in [6.45, 7) is 7.67. The molecule has 0 heterocycles. The lowest BCUT2D eigenvalue weighted by Crippen LogP contribution is -2.35. The van der Waals surface area contributed by atoms with Gasteiger partial charge in [0.15, 0.2) is 0 Å². The van der Waals surface area contributed by atoms with Gasteiger partial charge in [0, 0.05) is 24.9 Å².